The molecule has 0 aliphatic carbocycles. The van der Waals surface area contributed by atoms with E-state index in [1.54, 1.807) is 0 Å². The highest BCUT2D eigenvalue weighted by Gasteiger charge is 2.47. The molecule has 1 saturated heterocycles. The second-order valence-electron chi connectivity index (χ2n) is 5.00. The molecule has 0 saturated carbocycles. The first kappa shape index (κ1) is 17.5. The van der Waals surface area contributed by atoms with Crippen LogP contribution in [0, 0.1) is 6.08 Å². The Hall–Kier alpha value is -1.31. The van der Waals surface area contributed by atoms with Crippen molar-refractivity contribution >= 4 is 35.5 Å². The standard InChI is InChI=1S/C10H13FN5O6PS/c11-10-14-7(12)4-8(15-10)16(2-13-4)9-5(18)6(3(1-17)21-9)22-23(19,20)24/h2-3,5-6,9,17-18H,1H2,(H2,12,14,15)(H2,19,20,24)/t3-,5-,6-,9-/m1/s1. The Morgan fingerprint density at radius 1 is 1.46 bits per heavy atom. The lowest BCUT2D eigenvalue weighted by Gasteiger charge is -2.21. The molecular formula is C10H13FN5O6PS. The van der Waals surface area contributed by atoms with E-state index in [4.69, 9.17) is 15.0 Å². The molecule has 1 fully saturated rings. The quantitative estimate of drug-likeness (QED) is 0.305. The van der Waals surface area contributed by atoms with Crippen molar-refractivity contribution in [1.82, 2.24) is 19.5 Å². The number of rotatable bonds is 4. The number of aromatic nitrogens is 4. The zero-order chi connectivity index (χ0) is 17.6. The molecule has 1 aliphatic heterocycles. The summed E-state index contributed by atoms with van der Waals surface area (Å²) in [5.41, 5.74) is 5.60. The Kier molecular flexibility index (Phi) is 4.53. The fraction of sp³-hybridized carbons (Fsp3) is 0.500. The van der Waals surface area contributed by atoms with Gasteiger partial charge in [-0.2, -0.15) is 14.4 Å². The molecule has 14 heteroatoms. The predicted molar refractivity (Wildman–Crippen MR) is 80.3 cm³/mol. The van der Waals surface area contributed by atoms with Gasteiger partial charge in [-0.25, -0.2) is 4.98 Å². The molecule has 0 bridgehead atoms. The van der Waals surface area contributed by atoms with Crippen molar-refractivity contribution in [1.29, 1.82) is 0 Å². The highest BCUT2D eigenvalue weighted by atomic mass is 32.5. The van der Waals surface area contributed by atoms with Crippen LogP contribution in [0.4, 0.5) is 10.2 Å². The maximum Gasteiger partial charge on any atom is 0.322 e. The SMILES string of the molecule is Nc1nc(F)nc2c1ncn2[C@@H]1O[C@H](CO)[C@@H](OP(O)(O)=S)[C@H]1O. The monoisotopic (exact) mass is 381 g/mol. The van der Waals surface area contributed by atoms with E-state index in [2.05, 4.69) is 26.8 Å². The first-order chi connectivity index (χ1) is 11.2. The first-order valence-electron chi connectivity index (χ1n) is 6.55. The van der Waals surface area contributed by atoms with Crippen LogP contribution in [0.3, 0.4) is 0 Å². The van der Waals surface area contributed by atoms with E-state index in [1.165, 1.54) is 10.9 Å². The lowest BCUT2D eigenvalue weighted by atomic mass is 10.1. The molecule has 6 N–H and O–H groups in total. The van der Waals surface area contributed by atoms with Gasteiger partial charge in [-0.3, -0.25) is 9.09 Å². The van der Waals surface area contributed by atoms with Crippen LogP contribution in [-0.4, -0.2) is 64.4 Å². The first-order valence-corrected chi connectivity index (χ1v) is 9.17. The summed E-state index contributed by atoms with van der Waals surface area (Å²) >= 11 is 4.37. The number of anilines is 1. The van der Waals surface area contributed by atoms with E-state index >= 15 is 0 Å². The third-order valence-electron chi connectivity index (χ3n) is 3.44. The van der Waals surface area contributed by atoms with Gasteiger partial charge in [-0.05, 0) is 11.8 Å². The topological polar surface area (TPSA) is 169 Å². The van der Waals surface area contributed by atoms with Crippen molar-refractivity contribution in [3.05, 3.63) is 12.4 Å². The molecule has 4 atom stereocenters. The van der Waals surface area contributed by atoms with Crippen LogP contribution >= 0.6 is 6.72 Å². The fourth-order valence-corrected chi connectivity index (χ4v) is 3.36. The van der Waals surface area contributed by atoms with E-state index < -0.39 is 43.9 Å². The third-order valence-corrected chi connectivity index (χ3v) is 4.22. The summed E-state index contributed by atoms with van der Waals surface area (Å²) in [7, 11) is 0. The summed E-state index contributed by atoms with van der Waals surface area (Å²) < 4.78 is 24.8. The predicted octanol–water partition coefficient (Wildman–Crippen LogP) is -1.61. The minimum absolute atomic E-state index is 0.0474. The van der Waals surface area contributed by atoms with Crippen LogP contribution in [-0.2, 0) is 21.1 Å². The number of imidazole rings is 1. The van der Waals surface area contributed by atoms with Crippen molar-refractivity contribution in [2.75, 3.05) is 12.3 Å². The number of aliphatic hydroxyl groups is 2. The lowest BCUT2D eigenvalue weighted by Crippen LogP contribution is -2.35. The second-order valence-corrected chi connectivity index (χ2v) is 7.62. The molecule has 24 heavy (non-hydrogen) atoms. The van der Waals surface area contributed by atoms with Crippen molar-refractivity contribution in [3.63, 3.8) is 0 Å². The number of ether oxygens (including phenoxy) is 1. The summed E-state index contributed by atoms with van der Waals surface area (Å²) in [4.78, 5) is 29.4. The number of nitrogens with two attached hydrogens (primary N) is 1. The Bertz CT molecular complexity index is 816. The number of nitrogen functional groups attached to an aromatic ring is 1. The Morgan fingerprint density at radius 3 is 2.79 bits per heavy atom. The largest absolute Gasteiger partial charge is 0.394 e. The van der Waals surface area contributed by atoms with Gasteiger partial charge < -0.3 is 30.5 Å². The minimum Gasteiger partial charge on any atom is -0.394 e. The lowest BCUT2D eigenvalue weighted by molar-refractivity contribution is -0.0506. The Balaban J connectivity index is 2.00. The maximum absolute atomic E-state index is 13.4. The highest BCUT2D eigenvalue weighted by molar-refractivity contribution is 8.06. The van der Waals surface area contributed by atoms with Crippen LogP contribution in [0.1, 0.15) is 6.23 Å². The maximum atomic E-state index is 13.4. The number of aliphatic hydroxyl groups excluding tert-OH is 2. The Morgan fingerprint density at radius 2 is 2.17 bits per heavy atom. The molecule has 1 aliphatic rings. The van der Waals surface area contributed by atoms with Crippen LogP contribution in [0.5, 0.6) is 0 Å². The van der Waals surface area contributed by atoms with Crippen molar-refractivity contribution in [3.8, 4) is 0 Å². The molecule has 2 aromatic rings. The number of fused-ring (bicyclic) bond motifs is 1. The van der Waals surface area contributed by atoms with E-state index in [0.717, 1.165) is 0 Å². The van der Waals surface area contributed by atoms with E-state index in [0.29, 0.717) is 0 Å². The van der Waals surface area contributed by atoms with Crippen molar-refractivity contribution in [2.45, 2.75) is 24.5 Å². The Labute approximate surface area is 138 Å². The average Bonchev–Trinajstić information content (AvgIpc) is 3.00. The van der Waals surface area contributed by atoms with Crippen LogP contribution in [0.2, 0.25) is 0 Å². The zero-order valence-corrected chi connectivity index (χ0v) is 13.5. The van der Waals surface area contributed by atoms with E-state index in [-0.39, 0.29) is 17.0 Å². The summed E-state index contributed by atoms with van der Waals surface area (Å²) in [5.74, 6) is -0.198. The highest BCUT2D eigenvalue weighted by Crippen LogP contribution is 2.44. The van der Waals surface area contributed by atoms with Crippen molar-refractivity contribution < 1.29 is 33.7 Å². The van der Waals surface area contributed by atoms with Crippen LogP contribution in [0.25, 0.3) is 11.2 Å². The van der Waals surface area contributed by atoms with Gasteiger partial charge in [0.25, 0.3) is 0 Å². The number of nitrogens with zero attached hydrogens (tertiary/aromatic N) is 4. The molecule has 11 nitrogen and oxygen atoms in total. The van der Waals surface area contributed by atoms with Gasteiger partial charge in [0.15, 0.2) is 23.2 Å². The van der Waals surface area contributed by atoms with E-state index in [9.17, 15) is 24.4 Å². The fourth-order valence-electron chi connectivity index (χ4n) is 2.48. The normalized spacial score (nSPS) is 27.9. The van der Waals surface area contributed by atoms with Crippen LogP contribution < -0.4 is 5.73 Å². The third kappa shape index (κ3) is 3.12. The molecule has 2 aromatic heterocycles. The molecular weight excluding hydrogens is 368 g/mol. The molecule has 0 amide bonds. The average molecular weight is 381 g/mol. The summed E-state index contributed by atoms with van der Waals surface area (Å²) in [5, 5.41) is 19.7. The van der Waals surface area contributed by atoms with Gasteiger partial charge >= 0.3 is 12.8 Å². The number of hydrogen-bond acceptors (Lipinski definition) is 9. The molecule has 0 radical (unpaired) electrons. The smallest absolute Gasteiger partial charge is 0.322 e. The number of halogens is 1. The van der Waals surface area contributed by atoms with Gasteiger partial charge in [-0.15, -0.1) is 0 Å². The van der Waals surface area contributed by atoms with Gasteiger partial charge in [0.2, 0.25) is 0 Å². The molecule has 0 spiro atoms. The second kappa shape index (κ2) is 6.20. The molecule has 3 rings (SSSR count). The molecule has 132 valence electrons. The van der Waals surface area contributed by atoms with Gasteiger partial charge in [0.1, 0.15) is 18.3 Å². The van der Waals surface area contributed by atoms with Gasteiger partial charge in [0.05, 0.1) is 12.9 Å². The van der Waals surface area contributed by atoms with Gasteiger partial charge in [-0.1, -0.05) is 0 Å². The summed E-state index contributed by atoms with van der Waals surface area (Å²) in [6.07, 6.45) is -5.00. The summed E-state index contributed by atoms with van der Waals surface area (Å²) in [6.45, 7) is -4.71. The van der Waals surface area contributed by atoms with Gasteiger partial charge in [0, 0.05) is 0 Å². The van der Waals surface area contributed by atoms with Crippen molar-refractivity contribution in [2.24, 2.45) is 0 Å². The number of hydrogen-bond donors (Lipinski definition) is 5. The summed E-state index contributed by atoms with van der Waals surface area (Å²) in [6, 6.07) is 0. The minimum atomic E-state index is -4.12. The van der Waals surface area contributed by atoms with Crippen LogP contribution in [0.15, 0.2) is 6.33 Å². The molecule has 3 heterocycles. The zero-order valence-electron chi connectivity index (χ0n) is 11.8. The van der Waals surface area contributed by atoms with E-state index in [1.807, 2.05) is 0 Å². The molecule has 0 unspecified atom stereocenters. The molecule has 0 aromatic carbocycles.